The van der Waals surface area contributed by atoms with Gasteiger partial charge in [0, 0.05) is 12.6 Å². The second-order valence-corrected chi connectivity index (χ2v) is 4.59. The van der Waals surface area contributed by atoms with Gasteiger partial charge in [-0.25, -0.2) is 4.79 Å². The molecule has 0 spiro atoms. The summed E-state index contributed by atoms with van der Waals surface area (Å²) in [4.78, 5) is 10.3. The molecule has 0 aromatic carbocycles. The van der Waals surface area contributed by atoms with Crippen LogP contribution in [0.25, 0.3) is 0 Å². The van der Waals surface area contributed by atoms with Crippen LogP contribution >= 0.6 is 0 Å². The molecule has 0 radical (unpaired) electrons. The average molecular weight is 214 g/mol. The second-order valence-electron chi connectivity index (χ2n) is 4.59. The van der Waals surface area contributed by atoms with E-state index in [1.807, 2.05) is 0 Å². The molecule has 1 saturated carbocycles. The van der Waals surface area contributed by atoms with Gasteiger partial charge in [0.05, 0.1) is 0 Å². The number of nitrogens with one attached hydrogen (secondary N) is 1. The first-order valence-corrected chi connectivity index (χ1v) is 5.75. The van der Waals surface area contributed by atoms with Gasteiger partial charge in [0.15, 0.2) is 0 Å². The summed E-state index contributed by atoms with van der Waals surface area (Å²) in [5.74, 6) is 1.62. The zero-order chi connectivity index (χ0) is 11.3. The number of hydrogen-bond donors (Lipinski definition) is 2. The third-order valence-corrected chi connectivity index (χ3v) is 3.38. The van der Waals surface area contributed by atoms with Crippen LogP contribution in [0.1, 0.15) is 33.1 Å². The van der Waals surface area contributed by atoms with E-state index in [1.54, 1.807) is 0 Å². The number of nitrogens with two attached hydrogens (primary N) is 1. The Morgan fingerprint density at radius 1 is 1.40 bits per heavy atom. The summed E-state index contributed by atoms with van der Waals surface area (Å²) in [7, 11) is 0. The SMILES string of the molecule is CC1CCC(NCCOC(N)=O)CC1C. The van der Waals surface area contributed by atoms with E-state index in [4.69, 9.17) is 5.73 Å². The van der Waals surface area contributed by atoms with Gasteiger partial charge < -0.3 is 15.8 Å². The highest BCUT2D eigenvalue weighted by Crippen LogP contribution is 2.29. The lowest BCUT2D eigenvalue weighted by molar-refractivity contribution is 0.152. The lowest BCUT2D eigenvalue weighted by atomic mass is 9.79. The van der Waals surface area contributed by atoms with Gasteiger partial charge in [-0.2, -0.15) is 0 Å². The fraction of sp³-hybridized carbons (Fsp3) is 0.909. The van der Waals surface area contributed by atoms with E-state index in [-0.39, 0.29) is 0 Å². The van der Waals surface area contributed by atoms with Crippen LogP contribution in [0.5, 0.6) is 0 Å². The summed E-state index contributed by atoms with van der Waals surface area (Å²) in [6, 6.07) is 0.577. The van der Waals surface area contributed by atoms with Crippen molar-refractivity contribution in [3.8, 4) is 0 Å². The number of carbonyl (C=O) groups excluding carboxylic acids is 1. The smallest absolute Gasteiger partial charge is 0.404 e. The van der Waals surface area contributed by atoms with E-state index in [0.29, 0.717) is 19.2 Å². The van der Waals surface area contributed by atoms with Crippen molar-refractivity contribution in [3.63, 3.8) is 0 Å². The molecule has 1 amide bonds. The Kier molecular flexibility index (Phi) is 4.88. The number of amides is 1. The highest BCUT2D eigenvalue weighted by atomic mass is 16.5. The molecule has 1 aliphatic rings. The number of hydrogen-bond acceptors (Lipinski definition) is 3. The Labute approximate surface area is 91.5 Å². The van der Waals surface area contributed by atoms with Crippen molar-refractivity contribution in [2.45, 2.75) is 39.2 Å². The Morgan fingerprint density at radius 3 is 2.73 bits per heavy atom. The van der Waals surface area contributed by atoms with E-state index in [0.717, 1.165) is 11.8 Å². The molecule has 1 aliphatic carbocycles. The van der Waals surface area contributed by atoms with Crippen LogP contribution in [0.2, 0.25) is 0 Å². The molecule has 0 heterocycles. The van der Waals surface area contributed by atoms with Crippen LogP contribution < -0.4 is 11.1 Å². The Bertz CT molecular complexity index is 209. The van der Waals surface area contributed by atoms with Crippen molar-refractivity contribution in [2.75, 3.05) is 13.2 Å². The summed E-state index contributed by atoms with van der Waals surface area (Å²) < 4.78 is 4.66. The number of primary amides is 1. The first-order valence-electron chi connectivity index (χ1n) is 5.75. The van der Waals surface area contributed by atoms with Crippen molar-refractivity contribution in [1.29, 1.82) is 0 Å². The number of rotatable bonds is 4. The van der Waals surface area contributed by atoms with E-state index >= 15 is 0 Å². The molecule has 1 fully saturated rings. The Hall–Kier alpha value is -0.770. The summed E-state index contributed by atoms with van der Waals surface area (Å²) in [5.41, 5.74) is 4.86. The van der Waals surface area contributed by atoms with Crippen LogP contribution in [0.3, 0.4) is 0 Å². The molecule has 4 heteroatoms. The fourth-order valence-electron chi connectivity index (χ4n) is 2.15. The minimum atomic E-state index is -0.692. The average Bonchev–Trinajstić information content (AvgIpc) is 2.18. The van der Waals surface area contributed by atoms with Crippen molar-refractivity contribution < 1.29 is 9.53 Å². The second kappa shape index (κ2) is 5.95. The number of carbonyl (C=O) groups is 1. The molecule has 88 valence electrons. The van der Waals surface area contributed by atoms with Gasteiger partial charge in [0.1, 0.15) is 6.61 Å². The molecule has 4 nitrogen and oxygen atoms in total. The standard InChI is InChI=1S/C11H22N2O2/c1-8-3-4-10(7-9(8)2)13-5-6-15-11(12)14/h8-10,13H,3-7H2,1-2H3,(H2,12,14). The molecule has 3 atom stereocenters. The van der Waals surface area contributed by atoms with Crippen molar-refractivity contribution in [2.24, 2.45) is 17.6 Å². The van der Waals surface area contributed by atoms with Gasteiger partial charge in [0.2, 0.25) is 0 Å². The van der Waals surface area contributed by atoms with E-state index in [9.17, 15) is 4.79 Å². The molecule has 3 N–H and O–H groups in total. The molecule has 0 aromatic heterocycles. The quantitative estimate of drug-likeness (QED) is 0.697. The monoisotopic (exact) mass is 214 g/mol. The third kappa shape index (κ3) is 4.51. The van der Waals surface area contributed by atoms with Gasteiger partial charge in [-0.1, -0.05) is 13.8 Å². The van der Waals surface area contributed by atoms with Crippen LogP contribution in [0.4, 0.5) is 4.79 Å². The lowest BCUT2D eigenvalue weighted by Crippen LogP contribution is -2.38. The molecule has 3 unspecified atom stereocenters. The molecule has 0 saturated heterocycles. The normalized spacial score (nSPS) is 31.2. The maximum Gasteiger partial charge on any atom is 0.404 e. The predicted octanol–water partition coefficient (Wildman–Crippen LogP) is 1.50. The maximum atomic E-state index is 10.3. The van der Waals surface area contributed by atoms with Crippen molar-refractivity contribution >= 4 is 6.09 Å². The van der Waals surface area contributed by atoms with Gasteiger partial charge in [-0.15, -0.1) is 0 Å². The molecule has 0 aliphatic heterocycles. The lowest BCUT2D eigenvalue weighted by Gasteiger charge is -2.32. The maximum absolute atomic E-state index is 10.3. The van der Waals surface area contributed by atoms with Crippen LogP contribution in [-0.2, 0) is 4.74 Å². The van der Waals surface area contributed by atoms with E-state index < -0.39 is 6.09 Å². The third-order valence-electron chi connectivity index (χ3n) is 3.38. The van der Waals surface area contributed by atoms with Gasteiger partial charge in [0.25, 0.3) is 0 Å². The molecule has 15 heavy (non-hydrogen) atoms. The first kappa shape index (κ1) is 12.3. The Balaban J connectivity index is 2.09. The zero-order valence-electron chi connectivity index (χ0n) is 9.66. The summed E-state index contributed by atoms with van der Waals surface area (Å²) in [5, 5.41) is 3.40. The van der Waals surface area contributed by atoms with Crippen LogP contribution in [-0.4, -0.2) is 25.3 Å². The zero-order valence-corrected chi connectivity index (χ0v) is 9.66. The minimum Gasteiger partial charge on any atom is -0.448 e. The van der Waals surface area contributed by atoms with Gasteiger partial charge in [-0.05, 0) is 31.1 Å². The van der Waals surface area contributed by atoms with Gasteiger partial charge in [-0.3, -0.25) is 0 Å². The van der Waals surface area contributed by atoms with Crippen molar-refractivity contribution in [3.05, 3.63) is 0 Å². The Morgan fingerprint density at radius 2 is 2.13 bits per heavy atom. The van der Waals surface area contributed by atoms with Crippen LogP contribution in [0, 0.1) is 11.8 Å². The van der Waals surface area contributed by atoms with Gasteiger partial charge >= 0.3 is 6.09 Å². The molecular weight excluding hydrogens is 192 g/mol. The largest absolute Gasteiger partial charge is 0.448 e. The number of ether oxygens (including phenoxy) is 1. The molecular formula is C11H22N2O2. The first-order chi connectivity index (χ1) is 7.09. The minimum absolute atomic E-state index is 0.371. The summed E-state index contributed by atoms with van der Waals surface area (Å²) >= 11 is 0. The predicted molar refractivity (Wildman–Crippen MR) is 59.5 cm³/mol. The highest BCUT2D eigenvalue weighted by molar-refractivity contribution is 5.64. The summed E-state index contributed by atoms with van der Waals surface area (Å²) in [6.07, 6.45) is 3.04. The summed E-state index contributed by atoms with van der Waals surface area (Å²) in [6.45, 7) is 5.69. The fourth-order valence-corrected chi connectivity index (χ4v) is 2.15. The van der Waals surface area contributed by atoms with E-state index in [1.165, 1.54) is 19.3 Å². The van der Waals surface area contributed by atoms with Crippen LogP contribution in [0.15, 0.2) is 0 Å². The molecule has 1 rings (SSSR count). The van der Waals surface area contributed by atoms with Crippen molar-refractivity contribution in [1.82, 2.24) is 5.32 Å². The molecule has 0 aromatic rings. The van der Waals surface area contributed by atoms with E-state index in [2.05, 4.69) is 23.9 Å². The molecule has 0 bridgehead atoms. The highest BCUT2D eigenvalue weighted by Gasteiger charge is 2.23. The topological polar surface area (TPSA) is 64.3 Å².